The SMILES string of the molecule is [C-]#[N+]/C(=C\c1ccc(N(c2ccc(/C=C/c3cc4ccc(N(CC)CC)cc4oc3=O)cc2)c2ccc(/C=C/c3cc4ccc(N(CC)CC)cc4oc3=O)cc2)cc1)c1ccc(/C=C(\C#N)C(=O)O)s1. The van der Waals surface area contributed by atoms with Crippen LogP contribution in [0.1, 0.15) is 65.3 Å². The molecule has 1 N–H and O–H groups in total. The molecule has 12 heteroatoms. The van der Waals surface area contributed by atoms with Crippen molar-refractivity contribution in [3.63, 3.8) is 0 Å². The Bertz CT molecular complexity index is 3420. The second kappa shape index (κ2) is 22.0. The Balaban J connectivity index is 1.08. The van der Waals surface area contributed by atoms with Gasteiger partial charge in [-0.25, -0.2) is 19.2 Å². The molecule has 0 bridgehead atoms. The maximum Gasteiger partial charge on any atom is 0.346 e. The van der Waals surface area contributed by atoms with Crippen LogP contribution < -0.4 is 26.0 Å². The third-order valence-corrected chi connectivity index (χ3v) is 13.1. The fourth-order valence-electron chi connectivity index (χ4n) is 8.21. The Morgan fingerprint density at radius 1 is 0.606 bits per heavy atom. The van der Waals surface area contributed by atoms with Crippen LogP contribution in [0.25, 0.3) is 68.9 Å². The second-order valence-corrected chi connectivity index (χ2v) is 17.5. The van der Waals surface area contributed by atoms with Crippen LogP contribution in [0.5, 0.6) is 0 Å². The van der Waals surface area contributed by atoms with Crippen LogP contribution in [0.2, 0.25) is 0 Å². The fraction of sp³-hybridized carbons (Fsp3) is 0.136. The molecular weight excluding hydrogens is 907 g/mol. The van der Waals surface area contributed by atoms with Crippen molar-refractivity contribution in [1.29, 1.82) is 5.26 Å². The van der Waals surface area contributed by atoms with Crippen molar-refractivity contribution in [2.24, 2.45) is 0 Å². The highest BCUT2D eigenvalue weighted by molar-refractivity contribution is 7.14. The molecule has 0 atom stereocenters. The van der Waals surface area contributed by atoms with Gasteiger partial charge < -0.3 is 28.6 Å². The molecule has 0 aliphatic heterocycles. The molecule has 11 nitrogen and oxygen atoms in total. The first-order chi connectivity index (χ1) is 34.5. The van der Waals surface area contributed by atoms with Crippen LogP contribution in [-0.4, -0.2) is 37.3 Å². The van der Waals surface area contributed by atoms with E-state index in [1.165, 1.54) is 17.4 Å². The number of carboxylic acid groups (broad SMARTS) is 1. The molecule has 0 saturated heterocycles. The van der Waals surface area contributed by atoms with E-state index in [0.29, 0.717) is 37.7 Å². The fourth-order valence-corrected chi connectivity index (χ4v) is 9.12. The number of nitriles is 1. The predicted molar refractivity (Wildman–Crippen MR) is 291 cm³/mol. The lowest BCUT2D eigenvalue weighted by atomic mass is 10.1. The number of carbonyl (C=O) groups is 1. The first kappa shape index (κ1) is 48.5. The van der Waals surface area contributed by atoms with Gasteiger partial charge in [0.25, 0.3) is 0 Å². The zero-order chi connectivity index (χ0) is 50.0. The highest BCUT2D eigenvalue weighted by atomic mass is 32.1. The molecule has 0 aliphatic rings. The lowest BCUT2D eigenvalue weighted by Gasteiger charge is -2.26. The Labute approximate surface area is 415 Å². The molecule has 0 aliphatic carbocycles. The summed E-state index contributed by atoms with van der Waals surface area (Å²) in [4.78, 5) is 49.0. The van der Waals surface area contributed by atoms with Gasteiger partial charge >= 0.3 is 17.2 Å². The number of hydrogen-bond acceptors (Lipinski definition) is 10. The first-order valence-electron chi connectivity index (χ1n) is 23.2. The Morgan fingerprint density at radius 2 is 1.04 bits per heavy atom. The number of nitrogens with zero attached hydrogens (tertiary/aromatic N) is 5. The number of rotatable bonds is 17. The highest BCUT2D eigenvalue weighted by Crippen LogP contribution is 2.36. The van der Waals surface area contributed by atoms with Gasteiger partial charge in [0.05, 0.1) is 17.7 Å². The summed E-state index contributed by atoms with van der Waals surface area (Å²) in [6, 6.07) is 44.4. The van der Waals surface area contributed by atoms with Crippen LogP contribution in [0.3, 0.4) is 0 Å². The Hall–Kier alpha value is -8.97. The van der Waals surface area contributed by atoms with Gasteiger partial charge in [0.2, 0.25) is 5.70 Å². The van der Waals surface area contributed by atoms with Crippen molar-refractivity contribution in [1.82, 2.24) is 0 Å². The average molecular weight is 956 g/mol. The van der Waals surface area contributed by atoms with Gasteiger partial charge in [0, 0.05) is 87.3 Å². The molecule has 0 fully saturated rings. The van der Waals surface area contributed by atoms with Crippen molar-refractivity contribution in [3.8, 4) is 6.07 Å². The van der Waals surface area contributed by atoms with Crippen molar-refractivity contribution in [3.05, 3.63) is 209 Å². The van der Waals surface area contributed by atoms with Gasteiger partial charge in [-0.3, -0.25) is 0 Å². The minimum Gasteiger partial charge on any atom is -0.477 e. The topological polar surface area (TPSA) is 136 Å². The summed E-state index contributed by atoms with van der Waals surface area (Å²) in [5, 5.41) is 20.2. The van der Waals surface area contributed by atoms with E-state index in [-0.39, 0.29) is 5.57 Å². The van der Waals surface area contributed by atoms with E-state index in [9.17, 15) is 24.8 Å². The van der Waals surface area contributed by atoms with Crippen molar-refractivity contribution < 1.29 is 18.7 Å². The van der Waals surface area contributed by atoms with Crippen LogP contribution >= 0.6 is 11.3 Å². The smallest absolute Gasteiger partial charge is 0.346 e. The van der Waals surface area contributed by atoms with Crippen LogP contribution in [-0.2, 0) is 4.79 Å². The predicted octanol–water partition coefficient (Wildman–Crippen LogP) is 13.9. The second-order valence-electron chi connectivity index (χ2n) is 16.4. The number of hydrogen-bond donors (Lipinski definition) is 1. The highest BCUT2D eigenvalue weighted by Gasteiger charge is 2.15. The number of anilines is 5. The zero-order valence-corrected chi connectivity index (χ0v) is 40.4. The van der Waals surface area contributed by atoms with E-state index >= 15 is 0 Å². The summed E-state index contributed by atoms with van der Waals surface area (Å²) in [5.41, 5.74) is 8.23. The maximum absolute atomic E-state index is 13.1. The van der Waals surface area contributed by atoms with E-state index in [1.54, 1.807) is 36.4 Å². The summed E-state index contributed by atoms with van der Waals surface area (Å²) in [6.07, 6.45) is 10.4. The van der Waals surface area contributed by atoms with Crippen LogP contribution in [0.15, 0.2) is 157 Å². The van der Waals surface area contributed by atoms with Gasteiger partial charge in [-0.1, -0.05) is 54.6 Å². The minimum absolute atomic E-state index is 0.372. The molecule has 0 radical (unpaired) electrons. The maximum atomic E-state index is 13.1. The molecule has 8 rings (SSSR count). The summed E-state index contributed by atoms with van der Waals surface area (Å²) in [5.74, 6) is -1.31. The molecule has 8 aromatic rings. The molecule has 71 heavy (non-hydrogen) atoms. The van der Waals surface area contributed by atoms with E-state index in [1.807, 2.05) is 133 Å². The molecule has 0 saturated carbocycles. The minimum atomic E-state index is -1.31. The molecule has 0 amide bonds. The average Bonchev–Trinajstić information content (AvgIpc) is 3.86. The molecule has 0 unspecified atom stereocenters. The van der Waals surface area contributed by atoms with E-state index in [0.717, 1.165) is 82.1 Å². The summed E-state index contributed by atoms with van der Waals surface area (Å²) in [7, 11) is 0. The molecule has 3 aromatic heterocycles. The largest absolute Gasteiger partial charge is 0.477 e. The molecule has 5 aromatic carbocycles. The third kappa shape index (κ3) is 11.2. The molecule has 3 heterocycles. The van der Waals surface area contributed by atoms with Gasteiger partial charge in [0.15, 0.2) is 0 Å². The van der Waals surface area contributed by atoms with Gasteiger partial charge in [-0.2, -0.15) is 5.26 Å². The molecular formula is C59H49N5O6S. The lowest BCUT2D eigenvalue weighted by Crippen LogP contribution is -2.21. The molecule has 352 valence electrons. The first-order valence-corrected chi connectivity index (χ1v) is 24.0. The molecule has 0 spiro atoms. The van der Waals surface area contributed by atoms with E-state index in [2.05, 4.69) is 47.2 Å². The van der Waals surface area contributed by atoms with Crippen molar-refractivity contribution >= 4 is 110 Å². The Kier molecular flexibility index (Phi) is 15.0. The number of carboxylic acids is 1. The summed E-state index contributed by atoms with van der Waals surface area (Å²) >= 11 is 1.23. The normalized spacial score (nSPS) is 11.9. The van der Waals surface area contributed by atoms with E-state index in [4.69, 9.17) is 15.4 Å². The summed E-state index contributed by atoms with van der Waals surface area (Å²) in [6.45, 7) is 19.7. The third-order valence-electron chi connectivity index (χ3n) is 12.1. The summed E-state index contributed by atoms with van der Waals surface area (Å²) < 4.78 is 11.5. The number of aliphatic carboxylic acids is 1. The number of thiophene rings is 1. The van der Waals surface area contributed by atoms with Crippen LogP contribution in [0.4, 0.5) is 28.4 Å². The van der Waals surface area contributed by atoms with Gasteiger partial charge in [0.1, 0.15) is 22.8 Å². The van der Waals surface area contributed by atoms with Crippen molar-refractivity contribution in [2.75, 3.05) is 40.9 Å². The van der Waals surface area contributed by atoms with Gasteiger partial charge in [-0.05, 0) is 148 Å². The Morgan fingerprint density at radius 3 is 1.45 bits per heavy atom. The van der Waals surface area contributed by atoms with Crippen LogP contribution in [0, 0.1) is 17.9 Å². The lowest BCUT2D eigenvalue weighted by molar-refractivity contribution is -0.132. The number of benzene rings is 5. The quantitative estimate of drug-likeness (QED) is 0.0407. The monoisotopic (exact) mass is 955 g/mol. The van der Waals surface area contributed by atoms with E-state index < -0.39 is 17.2 Å². The van der Waals surface area contributed by atoms with Gasteiger partial charge in [-0.15, -0.1) is 11.3 Å². The zero-order valence-electron chi connectivity index (χ0n) is 39.6. The number of fused-ring (bicyclic) bond motifs is 2. The van der Waals surface area contributed by atoms with Crippen molar-refractivity contribution in [2.45, 2.75) is 27.7 Å². The standard InChI is InChI=1S/C59H49N5O6S/c1-6-62(7-2)50-28-20-42-33-44(58(67)69-54(42)36-50)18-10-39-12-22-47(23-13-39)64(49-26-16-41(17-27-49)32-53(61-5)56-31-30-52(71-56)35-46(38-60)57(65)66)48-24-14-40(15-25-48)11-19-45-34-43-21-29-51(63(8-3)9-4)37-55(43)70-59(45)68/h10-37H,6-9H2,1-4H3,(H,65,66)/b18-10+,19-11+,46-35+,53-32-.